The summed E-state index contributed by atoms with van der Waals surface area (Å²) in [6, 6.07) is 4.39. The molecule has 1 aliphatic rings. The van der Waals surface area contributed by atoms with Crippen molar-refractivity contribution >= 4 is 39.7 Å². The minimum Gasteiger partial charge on any atom is -0.478 e. The van der Waals surface area contributed by atoms with Gasteiger partial charge >= 0.3 is 11.9 Å². The van der Waals surface area contributed by atoms with Crippen LogP contribution >= 0.6 is 22.7 Å². The quantitative estimate of drug-likeness (QED) is 0.427. The molecule has 1 saturated heterocycles. The Bertz CT molecular complexity index is 825. The molecule has 3 rings (SSSR count). The SMILES string of the molecule is C=CCNc1nc(-c2ccc(CN3CCOCC3)s2)cs1.O=C(O)/C=C\C(=O)O. The van der Waals surface area contributed by atoms with E-state index in [1.165, 1.54) is 9.75 Å². The van der Waals surface area contributed by atoms with Crippen LogP contribution in [0.1, 0.15) is 4.88 Å². The van der Waals surface area contributed by atoms with Crippen LogP contribution in [-0.4, -0.2) is 64.9 Å². The third kappa shape index (κ3) is 8.57. The third-order valence-corrected chi connectivity index (χ3v) is 5.56. The standard InChI is InChI=1S/C15H19N3OS2.C4H4O4/c1-2-5-16-15-17-13(11-20-15)14-4-3-12(21-14)10-18-6-8-19-9-7-18;5-3(6)1-2-4(7)8/h2-4,11H,1,5-10H2,(H,16,17);1-2H,(H,5,6)(H,7,8)/b;2-1-. The first-order valence-electron chi connectivity index (χ1n) is 8.81. The van der Waals surface area contributed by atoms with Crippen molar-refractivity contribution in [2.75, 3.05) is 38.2 Å². The largest absolute Gasteiger partial charge is 0.478 e. The van der Waals surface area contributed by atoms with Gasteiger partial charge in [0.1, 0.15) is 0 Å². The van der Waals surface area contributed by atoms with Crippen LogP contribution in [0, 0.1) is 0 Å². The summed E-state index contributed by atoms with van der Waals surface area (Å²) in [4.78, 5) is 28.8. The number of morpholine rings is 1. The zero-order chi connectivity index (χ0) is 21.1. The number of carboxylic acids is 2. The van der Waals surface area contributed by atoms with Crippen LogP contribution in [0.15, 0.2) is 42.3 Å². The van der Waals surface area contributed by atoms with Crippen molar-refractivity contribution in [3.8, 4) is 10.6 Å². The van der Waals surface area contributed by atoms with Gasteiger partial charge in [0.05, 0.1) is 23.8 Å². The third-order valence-electron chi connectivity index (χ3n) is 3.67. The van der Waals surface area contributed by atoms with Gasteiger partial charge in [-0.3, -0.25) is 4.90 Å². The van der Waals surface area contributed by atoms with Crippen molar-refractivity contribution in [3.05, 3.63) is 47.2 Å². The lowest BCUT2D eigenvalue weighted by atomic mass is 10.3. The number of carboxylic acid groups (broad SMARTS) is 2. The summed E-state index contributed by atoms with van der Waals surface area (Å²) < 4.78 is 5.39. The summed E-state index contributed by atoms with van der Waals surface area (Å²) in [5.74, 6) is -2.51. The number of carbonyl (C=O) groups is 2. The smallest absolute Gasteiger partial charge is 0.328 e. The van der Waals surface area contributed by atoms with E-state index in [9.17, 15) is 9.59 Å². The average Bonchev–Trinajstić information content (AvgIpc) is 3.35. The number of thiophene rings is 1. The highest BCUT2D eigenvalue weighted by Crippen LogP contribution is 2.31. The van der Waals surface area contributed by atoms with E-state index in [-0.39, 0.29) is 0 Å². The van der Waals surface area contributed by atoms with Crippen molar-refractivity contribution in [1.29, 1.82) is 0 Å². The molecule has 156 valence electrons. The number of nitrogens with zero attached hydrogens (tertiary/aromatic N) is 2. The number of rotatable bonds is 8. The van der Waals surface area contributed by atoms with Crippen molar-refractivity contribution in [2.24, 2.45) is 0 Å². The predicted octanol–water partition coefficient (Wildman–Crippen LogP) is 3.01. The van der Waals surface area contributed by atoms with Crippen molar-refractivity contribution in [1.82, 2.24) is 9.88 Å². The highest BCUT2D eigenvalue weighted by molar-refractivity contribution is 7.17. The number of anilines is 1. The van der Waals surface area contributed by atoms with Crippen molar-refractivity contribution < 1.29 is 24.5 Å². The minimum absolute atomic E-state index is 0.558. The van der Waals surface area contributed by atoms with Gasteiger partial charge in [0, 0.05) is 48.6 Å². The van der Waals surface area contributed by atoms with Crippen LogP contribution < -0.4 is 5.32 Å². The van der Waals surface area contributed by atoms with E-state index >= 15 is 0 Å². The molecule has 0 spiro atoms. The van der Waals surface area contributed by atoms with Crippen LogP contribution in [0.5, 0.6) is 0 Å². The number of aromatic nitrogens is 1. The monoisotopic (exact) mass is 437 g/mol. The molecule has 8 nitrogen and oxygen atoms in total. The number of aliphatic carboxylic acids is 2. The molecule has 3 heterocycles. The van der Waals surface area contributed by atoms with Crippen LogP contribution in [-0.2, 0) is 20.9 Å². The van der Waals surface area contributed by atoms with Crippen LogP contribution in [0.25, 0.3) is 10.6 Å². The van der Waals surface area contributed by atoms with Gasteiger partial charge < -0.3 is 20.3 Å². The predicted molar refractivity (Wildman–Crippen MR) is 115 cm³/mol. The molecule has 10 heteroatoms. The Balaban J connectivity index is 0.000000321. The second kappa shape index (κ2) is 12.1. The average molecular weight is 438 g/mol. The second-order valence-electron chi connectivity index (χ2n) is 5.87. The van der Waals surface area contributed by atoms with Gasteiger partial charge in [-0.15, -0.1) is 29.3 Å². The normalized spacial score (nSPS) is 14.2. The van der Waals surface area contributed by atoms with E-state index in [4.69, 9.17) is 14.9 Å². The van der Waals surface area contributed by atoms with Crippen LogP contribution in [0.2, 0.25) is 0 Å². The minimum atomic E-state index is -1.26. The van der Waals surface area contributed by atoms with E-state index in [1.54, 1.807) is 11.3 Å². The first-order valence-corrected chi connectivity index (χ1v) is 10.5. The molecule has 1 fully saturated rings. The maximum atomic E-state index is 9.55. The van der Waals surface area contributed by atoms with E-state index < -0.39 is 11.9 Å². The number of ether oxygens (including phenoxy) is 1. The lowest BCUT2D eigenvalue weighted by Crippen LogP contribution is -2.35. The van der Waals surface area contributed by atoms with Gasteiger partial charge in [-0.05, 0) is 12.1 Å². The van der Waals surface area contributed by atoms with Crippen LogP contribution in [0.3, 0.4) is 0 Å². The molecule has 0 aromatic carbocycles. The topological polar surface area (TPSA) is 112 Å². The molecule has 0 bridgehead atoms. The maximum Gasteiger partial charge on any atom is 0.328 e. The Kier molecular flexibility index (Phi) is 9.51. The Morgan fingerprint density at radius 3 is 2.55 bits per heavy atom. The molecule has 0 atom stereocenters. The number of thiazole rings is 1. The number of nitrogens with one attached hydrogen (secondary N) is 1. The number of hydrogen-bond donors (Lipinski definition) is 3. The fourth-order valence-electron chi connectivity index (χ4n) is 2.35. The molecule has 29 heavy (non-hydrogen) atoms. The summed E-state index contributed by atoms with van der Waals surface area (Å²) in [5, 5.41) is 21.9. The Morgan fingerprint density at radius 1 is 1.24 bits per heavy atom. The van der Waals surface area contributed by atoms with E-state index in [0.29, 0.717) is 12.2 Å². The summed E-state index contributed by atoms with van der Waals surface area (Å²) >= 11 is 3.47. The summed E-state index contributed by atoms with van der Waals surface area (Å²) in [5.41, 5.74) is 1.06. The molecular weight excluding hydrogens is 414 g/mol. The Morgan fingerprint density at radius 2 is 1.93 bits per heavy atom. The Hall–Kier alpha value is -2.53. The van der Waals surface area contributed by atoms with Crippen molar-refractivity contribution in [2.45, 2.75) is 6.54 Å². The molecule has 2 aromatic rings. The van der Waals surface area contributed by atoms with Gasteiger partial charge in [-0.2, -0.15) is 0 Å². The van der Waals surface area contributed by atoms with E-state index in [0.717, 1.165) is 50.2 Å². The highest BCUT2D eigenvalue weighted by atomic mass is 32.1. The molecular formula is C19H23N3O5S2. The van der Waals surface area contributed by atoms with Gasteiger partial charge in [-0.1, -0.05) is 6.08 Å². The van der Waals surface area contributed by atoms with Gasteiger partial charge in [-0.25, -0.2) is 14.6 Å². The molecule has 0 amide bonds. The first kappa shape index (κ1) is 22.8. The molecule has 0 aliphatic carbocycles. The fourth-order valence-corrected chi connectivity index (χ4v) is 4.16. The molecule has 2 aromatic heterocycles. The Labute approximate surface area is 176 Å². The fraction of sp³-hybridized carbons (Fsp3) is 0.316. The number of hydrogen-bond acceptors (Lipinski definition) is 8. The second-order valence-corrected chi connectivity index (χ2v) is 7.90. The molecule has 3 N–H and O–H groups in total. The van der Waals surface area contributed by atoms with Gasteiger partial charge in [0.2, 0.25) is 0 Å². The summed E-state index contributed by atoms with van der Waals surface area (Å²) in [6.45, 7) is 9.22. The highest BCUT2D eigenvalue weighted by Gasteiger charge is 2.13. The summed E-state index contributed by atoms with van der Waals surface area (Å²) in [7, 11) is 0. The lowest BCUT2D eigenvalue weighted by Gasteiger charge is -2.25. The zero-order valence-electron chi connectivity index (χ0n) is 15.7. The summed E-state index contributed by atoms with van der Waals surface area (Å²) in [6.07, 6.45) is 2.96. The van der Waals surface area contributed by atoms with Crippen molar-refractivity contribution in [3.63, 3.8) is 0 Å². The zero-order valence-corrected chi connectivity index (χ0v) is 17.4. The van der Waals surface area contributed by atoms with Gasteiger partial charge in [0.25, 0.3) is 0 Å². The lowest BCUT2D eigenvalue weighted by molar-refractivity contribution is -0.134. The first-order chi connectivity index (χ1) is 14.0. The molecule has 0 saturated carbocycles. The molecule has 0 radical (unpaired) electrons. The van der Waals surface area contributed by atoms with Crippen LogP contribution in [0.4, 0.5) is 5.13 Å². The van der Waals surface area contributed by atoms with E-state index in [1.807, 2.05) is 17.4 Å². The van der Waals surface area contributed by atoms with E-state index in [2.05, 4.69) is 39.3 Å². The maximum absolute atomic E-state index is 9.55. The molecule has 1 aliphatic heterocycles. The molecule has 0 unspecified atom stereocenters. The van der Waals surface area contributed by atoms with Gasteiger partial charge in [0.15, 0.2) is 5.13 Å².